The molecule has 2 aromatic carbocycles. The van der Waals surface area contributed by atoms with Crippen LogP contribution in [-0.4, -0.2) is 47.6 Å². The predicted molar refractivity (Wildman–Crippen MR) is 104 cm³/mol. The van der Waals surface area contributed by atoms with E-state index >= 15 is 0 Å². The van der Waals surface area contributed by atoms with Gasteiger partial charge in [-0.25, -0.2) is 4.57 Å². The van der Waals surface area contributed by atoms with E-state index in [9.17, 15) is 4.79 Å². The predicted octanol–water partition coefficient (Wildman–Crippen LogP) is 3.64. The number of para-hydroxylation sites is 2. The number of fused-ring (bicyclic) bond motifs is 1. The largest absolute Gasteiger partial charge is 0.463 e. The number of benzene rings is 2. The van der Waals surface area contributed by atoms with Crippen LogP contribution in [0.2, 0.25) is 0 Å². The zero-order valence-electron chi connectivity index (χ0n) is 15.4. The van der Waals surface area contributed by atoms with Gasteiger partial charge in [-0.15, -0.1) is 0 Å². The first-order valence-electron chi connectivity index (χ1n) is 8.97. The Balaban J connectivity index is 1.72. The molecule has 0 aliphatic carbocycles. The zero-order chi connectivity index (χ0) is 18.4. The summed E-state index contributed by atoms with van der Waals surface area (Å²) in [6.07, 6.45) is 2.14. The van der Waals surface area contributed by atoms with Gasteiger partial charge in [0.15, 0.2) is 0 Å². The molecule has 136 valence electrons. The molecule has 0 fully saturated rings. The SMILES string of the molecule is CN(C)CCOc1nc2ccccc2n1C(=O)CCCc1ccccc1. The van der Waals surface area contributed by atoms with Crippen molar-refractivity contribution in [3.05, 3.63) is 60.2 Å². The van der Waals surface area contributed by atoms with Crippen LogP contribution in [0.5, 0.6) is 6.01 Å². The number of carbonyl (C=O) groups excluding carboxylic acids is 1. The Morgan fingerprint density at radius 2 is 1.81 bits per heavy atom. The summed E-state index contributed by atoms with van der Waals surface area (Å²) in [5.41, 5.74) is 2.83. The molecule has 0 aliphatic heterocycles. The third kappa shape index (κ3) is 4.49. The van der Waals surface area contributed by atoms with Gasteiger partial charge in [-0.3, -0.25) is 4.79 Å². The molecule has 0 amide bonds. The Labute approximate surface area is 154 Å². The Morgan fingerprint density at radius 3 is 2.58 bits per heavy atom. The number of ether oxygens (including phenoxy) is 1. The summed E-state index contributed by atoms with van der Waals surface area (Å²) in [4.78, 5) is 19.4. The first-order valence-corrected chi connectivity index (χ1v) is 8.97. The van der Waals surface area contributed by atoms with Crippen LogP contribution in [0.15, 0.2) is 54.6 Å². The molecule has 0 unspecified atom stereocenters. The molecule has 0 N–H and O–H groups in total. The summed E-state index contributed by atoms with van der Waals surface area (Å²) in [7, 11) is 3.97. The molecule has 1 aromatic heterocycles. The second-order valence-electron chi connectivity index (χ2n) is 6.60. The summed E-state index contributed by atoms with van der Waals surface area (Å²) in [5.74, 6) is 0.0227. The van der Waals surface area contributed by atoms with Crippen LogP contribution < -0.4 is 4.74 Å². The Morgan fingerprint density at radius 1 is 1.08 bits per heavy atom. The van der Waals surface area contributed by atoms with Gasteiger partial charge in [-0.2, -0.15) is 4.98 Å². The highest BCUT2D eigenvalue weighted by Crippen LogP contribution is 2.22. The molecule has 0 atom stereocenters. The number of likely N-dealkylation sites (N-methyl/N-ethyl adjacent to an activating group) is 1. The zero-order valence-corrected chi connectivity index (χ0v) is 15.4. The van der Waals surface area contributed by atoms with Crippen LogP contribution in [0.4, 0.5) is 0 Å². The van der Waals surface area contributed by atoms with E-state index in [4.69, 9.17) is 4.74 Å². The number of aromatic nitrogens is 2. The van der Waals surface area contributed by atoms with Gasteiger partial charge in [0.05, 0.1) is 11.0 Å². The number of imidazole rings is 1. The van der Waals surface area contributed by atoms with Gasteiger partial charge < -0.3 is 9.64 Å². The first kappa shape index (κ1) is 18.1. The fraction of sp³-hybridized carbons (Fsp3) is 0.333. The molecule has 0 spiro atoms. The molecule has 3 aromatic rings. The molecule has 5 heteroatoms. The van der Waals surface area contributed by atoms with Crippen molar-refractivity contribution in [3.63, 3.8) is 0 Å². The monoisotopic (exact) mass is 351 g/mol. The Hall–Kier alpha value is -2.66. The topological polar surface area (TPSA) is 47.4 Å². The van der Waals surface area contributed by atoms with Gasteiger partial charge in [0, 0.05) is 13.0 Å². The average molecular weight is 351 g/mol. The van der Waals surface area contributed by atoms with E-state index < -0.39 is 0 Å². The van der Waals surface area contributed by atoms with Crippen molar-refractivity contribution in [2.75, 3.05) is 27.2 Å². The number of hydrogen-bond acceptors (Lipinski definition) is 4. The second kappa shape index (κ2) is 8.63. The molecule has 0 saturated heterocycles. The normalized spacial score (nSPS) is 11.2. The number of carbonyl (C=O) groups is 1. The summed E-state index contributed by atoms with van der Waals surface area (Å²) < 4.78 is 7.43. The molecule has 0 aliphatic rings. The van der Waals surface area contributed by atoms with E-state index in [2.05, 4.69) is 17.1 Å². The minimum absolute atomic E-state index is 0.0227. The molecule has 5 nitrogen and oxygen atoms in total. The number of nitrogens with zero attached hydrogens (tertiary/aromatic N) is 3. The standard InChI is InChI=1S/C21H25N3O2/c1-23(2)15-16-26-21-22-18-12-6-7-13-19(18)24(21)20(25)14-8-11-17-9-4-3-5-10-17/h3-7,9-10,12-13H,8,11,14-16H2,1-2H3. The van der Waals surface area contributed by atoms with E-state index in [0.29, 0.717) is 19.0 Å². The summed E-state index contributed by atoms with van der Waals surface area (Å²) in [6.45, 7) is 1.26. The Bertz CT molecular complexity index is 856. The highest BCUT2D eigenvalue weighted by Gasteiger charge is 2.17. The second-order valence-corrected chi connectivity index (χ2v) is 6.60. The quantitative estimate of drug-likeness (QED) is 0.622. The van der Waals surface area contributed by atoms with Crippen LogP contribution in [0.25, 0.3) is 11.0 Å². The van der Waals surface area contributed by atoms with E-state index in [1.807, 2.05) is 61.5 Å². The smallest absolute Gasteiger partial charge is 0.304 e. The van der Waals surface area contributed by atoms with Crippen LogP contribution in [-0.2, 0) is 6.42 Å². The lowest BCUT2D eigenvalue weighted by atomic mass is 10.1. The summed E-state index contributed by atoms with van der Waals surface area (Å²) in [5, 5.41) is 0. The maximum atomic E-state index is 12.9. The van der Waals surface area contributed by atoms with Gasteiger partial charge in [0.1, 0.15) is 6.61 Å². The van der Waals surface area contributed by atoms with Crippen molar-refractivity contribution in [1.82, 2.24) is 14.5 Å². The van der Waals surface area contributed by atoms with Crippen molar-refractivity contribution < 1.29 is 9.53 Å². The lowest BCUT2D eigenvalue weighted by Gasteiger charge is -2.12. The van der Waals surface area contributed by atoms with E-state index in [-0.39, 0.29) is 5.91 Å². The molecular formula is C21H25N3O2. The Kier molecular flexibility index (Phi) is 6.02. The van der Waals surface area contributed by atoms with Gasteiger partial charge in [-0.1, -0.05) is 42.5 Å². The van der Waals surface area contributed by atoms with E-state index in [1.165, 1.54) is 5.56 Å². The minimum atomic E-state index is 0.0227. The van der Waals surface area contributed by atoms with Crippen molar-refractivity contribution in [2.45, 2.75) is 19.3 Å². The van der Waals surface area contributed by atoms with Crippen LogP contribution in [0.3, 0.4) is 0 Å². The molecule has 0 bridgehead atoms. The number of rotatable bonds is 8. The molecule has 0 radical (unpaired) electrons. The maximum absolute atomic E-state index is 12.9. The molecule has 26 heavy (non-hydrogen) atoms. The fourth-order valence-corrected chi connectivity index (χ4v) is 2.86. The van der Waals surface area contributed by atoms with E-state index in [0.717, 1.165) is 30.4 Å². The van der Waals surface area contributed by atoms with Crippen molar-refractivity contribution in [3.8, 4) is 6.01 Å². The maximum Gasteiger partial charge on any atom is 0.304 e. The summed E-state index contributed by atoms with van der Waals surface area (Å²) in [6, 6.07) is 18.3. The highest BCUT2D eigenvalue weighted by atomic mass is 16.5. The molecular weight excluding hydrogens is 326 g/mol. The number of aryl methyl sites for hydroxylation is 1. The fourth-order valence-electron chi connectivity index (χ4n) is 2.86. The van der Waals surface area contributed by atoms with Gasteiger partial charge in [0.2, 0.25) is 5.91 Å². The minimum Gasteiger partial charge on any atom is -0.463 e. The van der Waals surface area contributed by atoms with Crippen molar-refractivity contribution in [1.29, 1.82) is 0 Å². The molecule has 3 rings (SSSR count). The van der Waals surface area contributed by atoms with Crippen LogP contribution in [0.1, 0.15) is 23.2 Å². The van der Waals surface area contributed by atoms with Crippen LogP contribution in [0, 0.1) is 0 Å². The van der Waals surface area contributed by atoms with Crippen molar-refractivity contribution in [2.24, 2.45) is 0 Å². The average Bonchev–Trinajstić information content (AvgIpc) is 3.00. The van der Waals surface area contributed by atoms with Gasteiger partial charge >= 0.3 is 6.01 Å². The molecule has 1 heterocycles. The van der Waals surface area contributed by atoms with E-state index in [1.54, 1.807) is 4.57 Å². The lowest BCUT2D eigenvalue weighted by molar-refractivity contribution is 0.0889. The summed E-state index contributed by atoms with van der Waals surface area (Å²) >= 11 is 0. The van der Waals surface area contributed by atoms with Crippen molar-refractivity contribution >= 4 is 16.9 Å². The van der Waals surface area contributed by atoms with Crippen LogP contribution >= 0.6 is 0 Å². The van der Waals surface area contributed by atoms with Gasteiger partial charge in [-0.05, 0) is 44.6 Å². The third-order valence-electron chi connectivity index (χ3n) is 4.25. The van der Waals surface area contributed by atoms with Gasteiger partial charge in [0.25, 0.3) is 0 Å². The highest BCUT2D eigenvalue weighted by molar-refractivity contribution is 5.92. The number of hydrogen-bond donors (Lipinski definition) is 0. The molecule has 0 saturated carbocycles. The third-order valence-corrected chi connectivity index (χ3v) is 4.25. The first-order chi connectivity index (χ1) is 12.6. The lowest BCUT2D eigenvalue weighted by Crippen LogP contribution is -2.21.